The van der Waals surface area contributed by atoms with E-state index < -0.39 is 11.4 Å². The summed E-state index contributed by atoms with van der Waals surface area (Å²) < 4.78 is 0. The van der Waals surface area contributed by atoms with E-state index in [0.717, 1.165) is 0 Å². The van der Waals surface area contributed by atoms with Gasteiger partial charge in [0, 0.05) is 6.20 Å². The lowest BCUT2D eigenvalue weighted by atomic mass is 9.98. The minimum Gasteiger partial charge on any atom is -0.394 e. The van der Waals surface area contributed by atoms with Crippen molar-refractivity contribution in [2.24, 2.45) is 0 Å². The molecule has 0 unspecified atom stereocenters. The Labute approximate surface area is 87.3 Å². The number of H-pyrrole nitrogens is 1. The van der Waals surface area contributed by atoms with Crippen LogP contribution in [0.5, 0.6) is 0 Å². The molecule has 6 nitrogen and oxygen atoms in total. The molecule has 0 saturated heterocycles. The molecular weight excluding hydrogens is 198 g/mol. The zero-order chi connectivity index (χ0) is 11.3. The van der Waals surface area contributed by atoms with Crippen molar-refractivity contribution in [2.75, 3.05) is 13.2 Å². The summed E-state index contributed by atoms with van der Waals surface area (Å²) in [5, 5.41) is 27.0. The maximum atomic E-state index is 11.6. The number of aromatic nitrogens is 2. The molecule has 0 aliphatic carbocycles. The molecule has 15 heavy (non-hydrogen) atoms. The minimum atomic E-state index is -0.970. The Hall–Kier alpha value is -1.40. The lowest BCUT2D eigenvalue weighted by Crippen LogP contribution is -2.53. The third kappa shape index (κ3) is 2.54. The van der Waals surface area contributed by atoms with Gasteiger partial charge in [0.05, 0.1) is 18.8 Å². The molecule has 6 heteroatoms. The van der Waals surface area contributed by atoms with Crippen LogP contribution in [0.15, 0.2) is 12.3 Å². The summed E-state index contributed by atoms with van der Waals surface area (Å²) in [6, 6.07) is 1.52. The van der Waals surface area contributed by atoms with Crippen molar-refractivity contribution < 1.29 is 15.0 Å². The van der Waals surface area contributed by atoms with Gasteiger partial charge in [-0.25, -0.2) is 0 Å². The van der Waals surface area contributed by atoms with Gasteiger partial charge >= 0.3 is 0 Å². The van der Waals surface area contributed by atoms with Crippen molar-refractivity contribution in [3.63, 3.8) is 0 Å². The van der Waals surface area contributed by atoms with E-state index in [4.69, 9.17) is 10.2 Å². The van der Waals surface area contributed by atoms with Gasteiger partial charge in [0.15, 0.2) is 0 Å². The quantitative estimate of drug-likeness (QED) is 0.518. The van der Waals surface area contributed by atoms with E-state index in [9.17, 15) is 4.79 Å². The smallest absolute Gasteiger partial charge is 0.269 e. The summed E-state index contributed by atoms with van der Waals surface area (Å²) in [4.78, 5) is 11.6. The molecule has 0 spiro atoms. The lowest BCUT2D eigenvalue weighted by Gasteiger charge is -2.29. The van der Waals surface area contributed by atoms with Crippen LogP contribution in [0.2, 0.25) is 0 Å². The van der Waals surface area contributed by atoms with Crippen LogP contribution in [0.1, 0.15) is 23.8 Å². The van der Waals surface area contributed by atoms with Crippen LogP contribution >= 0.6 is 0 Å². The molecule has 0 aliphatic rings. The minimum absolute atomic E-state index is 0.301. The number of nitrogens with zero attached hydrogens (tertiary/aromatic N) is 1. The van der Waals surface area contributed by atoms with E-state index in [-0.39, 0.29) is 13.2 Å². The van der Waals surface area contributed by atoms with Crippen molar-refractivity contribution in [2.45, 2.75) is 18.9 Å². The average Bonchev–Trinajstić information content (AvgIpc) is 2.79. The fourth-order valence-corrected chi connectivity index (χ4v) is 1.13. The number of carbonyl (C=O) groups excluding carboxylic acids is 1. The van der Waals surface area contributed by atoms with Crippen molar-refractivity contribution in [1.29, 1.82) is 0 Å². The molecule has 1 amide bonds. The molecule has 0 aliphatic heterocycles. The van der Waals surface area contributed by atoms with Gasteiger partial charge in [-0.05, 0) is 12.5 Å². The molecule has 0 radical (unpaired) electrons. The molecule has 0 atom stereocenters. The summed E-state index contributed by atoms with van der Waals surface area (Å²) in [5.41, 5.74) is -0.669. The highest BCUT2D eigenvalue weighted by Gasteiger charge is 2.29. The van der Waals surface area contributed by atoms with Gasteiger partial charge in [0.1, 0.15) is 5.69 Å². The van der Waals surface area contributed by atoms with E-state index in [0.29, 0.717) is 12.1 Å². The molecule has 1 aromatic rings. The topological polar surface area (TPSA) is 98.2 Å². The summed E-state index contributed by atoms with van der Waals surface area (Å²) in [7, 11) is 0. The number of aromatic amines is 1. The fourth-order valence-electron chi connectivity index (χ4n) is 1.13. The second-order valence-electron chi connectivity index (χ2n) is 3.37. The third-order valence-electron chi connectivity index (χ3n) is 2.41. The number of aliphatic hydroxyl groups excluding tert-OH is 2. The highest BCUT2D eigenvalue weighted by Crippen LogP contribution is 2.09. The van der Waals surface area contributed by atoms with E-state index >= 15 is 0 Å². The second-order valence-corrected chi connectivity index (χ2v) is 3.37. The average molecular weight is 213 g/mol. The van der Waals surface area contributed by atoms with Gasteiger partial charge in [-0.1, -0.05) is 6.92 Å². The Balaban J connectivity index is 2.71. The maximum Gasteiger partial charge on any atom is 0.269 e. The molecule has 0 saturated carbocycles. The zero-order valence-electron chi connectivity index (χ0n) is 8.53. The van der Waals surface area contributed by atoms with Crippen LogP contribution in [-0.2, 0) is 0 Å². The summed E-state index contributed by atoms with van der Waals surface area (Å²) >= 11 is 0. The van der Waals surface area contributed by atoms with E-state index in [1.807, 2.05) is 0 Å². The van der Waals surface area contributed by atoms with Gasteiger partial charge in [0.2, 0.25) is 0 Å². The first-order valence-electron chi connectivity index (χ1n) is 4.71. The second kappa shape index (κ2) is 4.90. The molecule has 84 valence electrons. The monoisotopic (exact) mass is 213 g/mol. The first-order valence-corrected chi connectivity index (χ1v) is 4.71. The number of hydrogen-bond donors (Lipinski definition) is 4. The standard InChI is InChI=1S/C9H15N3O3/c1-2-9(5-13,6-14)11-8(15)7-3-4-10-12-7/h3-4,13-14H,2,5-6H2,1H3,(H,10,12)(H,11,15). The Morgan fingerprint density at radius 2 is 2.27 bits per heavy atom. The van der Waals surface area contributed by atoms with Gasteiger partial charge < -0.3 is 15.5 Å². The van der Waals surface area contributed by atoms with Crippen LogP contribution in [-0.4, -0.2) is 45.1 Å². The fraction of sp³-hybridized carbons (Fsp3) is 0.556. The lowest BCUT2D eigenvalue weighted by molar-refractivity contribution is 0.0649. The number of amides is 1. The Kier molecular flexibility index (Phi) is 3.81. The van der Waals surface area contributed by atoms with E-state index in [1.54, 1.807) is 6.92 Å². The molecule has 4 N–H and O–H groups in total. The van der Waals surface area contributed by atoms with Crippen molar-refractivity contribution in [3.8, 4) is 0 Å². The number of aliphatic hydroxyl groups is 2. The van der Waals surface area contributed by atoms with Crippen molar-refractivity contribution in [1.82, 2.24) is 15.5 Å². The Morgan fingerprint density at radius 3 is 2.67 bits per heavy atom. The van der Waals surface area contributed by atoms with Crippen LogP contribution in [0.3, 0.4) is 0 Å². The van der Waals surface area contributed by atoms with Crippen LogP contribution in [0.25, 0.3) is 0 Å². The molecule has 0 bridgehead atoms. The predicted molar refractivity (Wildman–Crippen MR) is 53.2 cm³/mol. The maximum absolute atomic E-state index is 11.6. The number of hydrogen-bond acceptors (Lipinski definition) is 4. The molecule has 0 fully saturated rings. The molecule has 1 aromatic heterocycles. The predicted octanol–water partition coefficient (Wildman–Crippen LogP) is -0.727. The number of carbonyl (C=O) groups is 1. The molecule has 1 rings (SSSR count). The van der Waals surface area contributed by atoms with Gasteiger partial charge in [0.25, 0.3) is 5.91 Å². The first kappa shape index (κ1) is 11.7. The van der Waals surface area contributed by atoms with Crippen LogP contribution in [0, 0.1) is 0 Å². The molecule has 1 heterocycles. The Morgan fingerprint density at radius 1 is 1.60 bits per heavy atom. The largest absolute Gasteiger partial charge is 0.394 e. The van der Waals surface area contributed by atoms with Crippen LogP contribution < -0.4 is 5.32 Å². The van der Waals surface area contributed by atoms with Crippen molar-refractivity contribution in [3.05, 3.63) is 18.0 Å². The number of nitrogens with one attached hydrogen (secondary N) is 2. The zero-order valence-corrected chi connectivity index (χ0v) is 8.53. The number of rotatable bonds is 5. The highest BCUT2D eigenvalue weighted by molar-refractivity contribution is 5.92. The van der Waals surface area contributed by atoms with Gasteiger partial charge in [-0.3, -0.25) is 9.89 Å². The van der Waals surface area contributed by atoms with Crippen LogP contribution in [0.4, 0.5) is 0 Å². The highest BCUT2D eigenvalue weighted by atomic mass is 16.3. The Bertz CT molecular complexity index is 298. The van der Waals surface area contributed by atoms with E-state index in [2.05, 4.69) is 15.5 Å². The van der Waals surface area contributed by atoms with Gasteiger partial charge in [-0.2, -0.15) is 5.10 Å². The third-order valence-corrected chi connectivity index (χ3v) is 2.41. The molecular formula is C9H15N3O3. The molecule has 0 aromatic carbocycles. The summed E-state index contributed by atoms with van der Waals surface area (Å²) in [6.07, 6.45) is 1.90. The SMILES string of the molecule is CCC(CO)(CO)NC(=O)c1ccn[nH]1. The summed E-state index contributed by atoms with van der Waals surface area (Å²) in [6.45, 7) is 1.17. The normalized spacial score (nSPS) is 11.4. The summed E-state index contributed by atoms with van der Waals surface area (Å²) in [5.74, 6) is -0.391. The van der Waals surface area contributed by atoms with Gasteiger partial charge in [-0.15, -0.1) is 0 Å². The van der Waals surface area contributed by atoms with E-state index in [1.165, 1.54) is 12.3 Å². The first-order chi connectivity index (χ1) is 7.17. The van der Waals surface area contributed by atoms with Crippen molar-refractivity contribution >= 4 is 5.91 Å².